The second-order valence-corrected chi connectivity index (χ2v) is 4.42. The third kappa shape index (κ3) is 4.53. The number of hydrogen-bond donors (Lipinski definition) is 2. The molecule has 4 heteroatoms. The van der Waals surface area contributed by atoms with E-state index in [1.807, 2.05) is 0 Å². The lowest BCUT2D eigenvalue weighted by Crippen LogP contribution is -2.29. The zero-order chi connectivity index (χ0) is 13.4. The van der Waals surface area contributed by atoms with Gasteiger partial charge in [-0.25, -0.2) is 4.39 Å². The van der Waals surface area contributed by atoms with Crippen molar-refractivity contribution in [3.63, 3.8) is 0 Å². The zero-order valence-corrected chi connectivity index (χ0v) is 11.2. The van der Waals surface area contributed by atoms with Gasteiger partial charge >= 0.3 is 0 Å². The number of halogens is 1. The summed E-state index contributed by atoms with van der Waals surface area (Å²) in [5, 5.41) is 3.15. The van der Waals surface area contributed by atoms with Gasteiger partial charge in [-0.3, -0.25) is 0 Å². The van der Waals surface area contributed by atoms with Crippen LogP contribution in [0.5, 0.6) is 5.75 Å². The van der Waals surface area contributed by atoms with E-state index >= 15 is 0 Å². The van der Waals surface area contributed by atoms with Crippen LogP contribution in [-0.2, 0) is 0 Å². The van der Waals surface area contributed by atoms with Crippen molar-refractivity contribution in [3.8, 4) is 5.75 Å². The van der Waals surface area contributed by atoms with Gasteiger partial charge in [0.25, 0.3) is 0 Å². The topological polar surface area (TPSA) is 47.3 Å². The minimum Gasteiger partial charge on any atom is -0.497 e. The number of nitrogens with one attached hydrogen (secondary N) is 1. The Hall–Kier alpha value is -1.29. The quantitative estimate of drug-likeness (QED) is 0.701. The highest BCUT2D eigenvalue weighted by Gasteiger charge is 2.10. The SMILES string of the molecule is CCCCCC(CN)Nc1cc(OC)ccc1F. The number of benzene rings is 1. The van der Waals surface area contributed by atoms with E-state index in [0.29, 0.717) is 18.0 Å². The Morgan fingerprint density at radius 1 is 1.39 bits per heavy atom. The van der Waals surface area contributed by atoms with E-state index in [-0.39, 0.29) is 11.9 Å². The lowest BCUT2D eigenvalue weighted by atomic mass is 10.1. The molecule has 102 valence electrons. The van der Waals surface area contributed by atoms with Gasteiger partial charge in [0.05, 0.1) is 12.8 Å². The van der Waals surface area contributed by atoms with Crippen molar-refractivity contribution in [1.82, 2.24) is 0 Å². The summed E-state index contributed by atoms with van der Waals surface area (Å²) in [5.41, 5.74) is 6.17. The fraction of sp³-hybridized carbons (Fsp3) is 0.571. The van der Waals surface area contributed by atoms with Crippen molar-refractivity contribution < 1.29 is 9.13 Å². The second kappa shape index (κ2) is 7.93. The van der Waals surface area contributed by atoms with Gasteiger partial charge in [0.2, 0.25) is 0 Å². The summed E-state index contributed by atoms with van der Waals surface area (Å²) < 4.78 is 18.7. The minimum absolute atomic E-state index is 0.109. The molecule has 1 aromatic rings. The molecule has 0 fully saturated rings. The van der Waals surface area contributed by atoms with Crippen molar-refractivity contribution in [2.45, 2.75) is 38.6 Å². The average Bonchev–Trinajstić information content (AvgIpc) is 2.40. The Morgan fingerprint density at radius 3 is 2.78 bits per heavy atom. The predicted octanol–water partition coefficient (Wildman–Crippen LogP) is 3.15. The van der Waals surface area contributed by atoms with Crippen LogP contribution >= 0.6 is 0 Å². The van der Waals surface area contributed by atoms with Crippen molar-refractivity contribution in [1.29, 1.82) is 0 Å². The maximum atomic E-state index is 13.6. The van der Waals surface area contributed by atoms with Crippen LogP contribution in [-0.4, -0.2) is 19.7 Å². The third-order valence-electron chi connectivity index (χ3n) is 2.97. The van der Waals surface area contributed by atoms with Crippen LogP contribution in [0.1, 0.15) is 32.6 Å². The molecule has 3 N–H and O–H groups in total. The standard InChI is InChI=1S/C14H23FN2O/c1-3-4-5-6-11(10-16)17-14-9-12(18-2)7-8-13(14)15/h7-9,11,17H,3-6,10,16H2,1-2H3. The molecule has 1 rings (SSSR count). The molecule has 0 aromatic heterocycles. The maximum absolute atomic E-state index is 13.6. The fourth-order valence-corrected chi connectivity index (χ4v) is 1.85. The first-order valence-corrected chi connectivity index (χ1v) is 6.51. The first kappa shape index (κ1) is 14.8. The van der Waals surface area contributed by atoms with Gasteiger partial charge in [-0.1, -0.05) is 26.2 Å². The van der Waals surface area contributed by atoms with Crippen molar-refractivity contribution >= 4 is 5.69 Å². The summed E-state index contributed by atoms with van der Waals surface area (Å²) in [4.78, 5) is 0. The molecule has 1 atom stereocenters. The van der Waals surface area contributed by atoms with Crippen molar-refractivity contribution in [2.75, 3.05) is 19.0 Å². The van der Waals surface area contributed by atoms with Crippen LogP contribution in [0.4, 0.5) is 10.1 Å². The number of rotatable bonds is 8. The number of methoxy groups -OCH3 is 1. The molecule has 0 saturated heterocycles. The van der Waals surface area contributed by atoms with Gasteiger partial charge < -0.3 is 15.8 Å². The van der Waals surface area contributed by atoms with E-state index in [2.05, 4.69) is 12.2 Å². The van der Waals surface area contributed by atoms with Crippen LogP contribution in [0.3, 0.4) is 0 Å². The largest absolute Gasteiger partial charge is 0.497 e. The highest BCUT2D eigenvalue weighted by Crippen LogP contribution is 2.22. The molecule has 18 heavy (non-hydrogen) atoms. The Morgan fingerprint density at radius 2 is 2.17 bits per heavy atom. The van der Waals surface area contributed by atoms with Crippen LogP contribution < -0.4 is 15.8 Å². The first-order chi connectivity index (χ1) is 8.71. The summed E-state index contributed by atoms with van der Waals surface area (Å²) in [6, 6.07) is 4.78. The average molecular weight is 254 g/mol. The molecule has 0 radical (unpaired) electrons. The predicted molar refractivity (Wildman–Crippen MR) is 73.6 cm³/mol. The van der Waals surface area contributed by atoms with E-state index in [1.54, 1.807) is 19.2 Å². The Kier molecular flexibility index (Phi) is 6.50. The number of anilines is 1. The molecule has 0 aliphatic carbocycles. The maximum Gasteiger partial charge on any atom is 0.146 e. The third-order valence-corrected chi connectivity index (χ3v) is 2.97. The smallest absolute Gasteiger partial charge is 0.146 e. The van der Waals surface area contributed by atoms with Crippen LogP contribution in [0.15, 0.2) is 18.2 Å². The molecule has 0 spiro atoms. The highest BCUT2D eigenvalue weighted by atomic mass is 19.1. The molecule has 0 bridgehead atoms. The van der Waals surface area contributed by atoms with Crippen LogP contribution in [0, 0.1) is 5.82 Å². The van der Waals surface area contributed by atoms with E-state index in [4.69, 9.17) is 10.5 Å². The first-order valence-electron chi connectivity index (χ1n) is 6.51. The van der Waals surface area contributed by atoms with Crippen molar-refractivity contribution in [2.24, 2.45) is 5.73 Å². The number of unbranched alkanes of at least 4 members (excludes halogenated alkanes) is 2. The normalized spacial score (nSPS) is 12.2. The number of hydrogen-bond acceptors (Lipinski definition) is 3. The zero-order valence-electron chi connectivity index (χ0n) is 11.2. The molecule has 3 nitrogen and oxygen atoms in total. The number of nitrogens with two attached hydrogens (primary N) is 1. The molecule has 0 aliphatic rings. The van der Waals surface area contributed by atoms with E-state index in [9.17, 15) is 4.39 Å². The van der Waals surface area contributed by atoms with Gasteiger partial charge in [0.1, 0.15) is 11.6 Å². The molecular formula is C14H23FN2O. The Balaban J connectivity index is 2.62. The van der Waals surface area contributed by atoms with E-state index in [0.717, 1.165) is 12.8 Å². The van der Waals surface area contributed by atoms with E-state index in [1.165, 1.54) is 18.9 Å². The van der Waals surface area contributed by atoms with Gasteiger partial charge in [0.15, 0.2) is 0 Å². The second-order valence-electron chi connectivity index (χ2n) is 4.42. The van der Waals surface area contributed by atoms with Crippen molar-refractivity contribution in [3.05, 3.63) is 24.0 Å². The molecular weight excluding hydrogens is 231 g/mol. The van der Waals surface area contributed by atoms with Gasteiger partial charge in [-0.15, -0.1) is 0 Å². The monoisotopic (exact) mass is 254 g/mol. The summed E-state index contributed by atoms with van der Waals surface area (Å²) in [6.07, 6.45) is 4.42. The summed E-state index contributed by atoms with van der Waals surface area (Å²) >= 11 is 0. The lowest BCUT2D eigenvalue weighted by molar-refractivity contribution is 0.414. The summed E-state index contributed by atoms with van der Waals surface area (Å²) in [7, 11) is 1.57. The Bertz CT molecular complexity index is 358. The molecule has 0 aliphatic heterocycles. The Labute approximate surface area is 109 Å². The fourth-order valence-electron chi connectivity index (χ4n) is 1.85. The molecule has 1 aromatic carbocycles. The molecule has 0 amide bonds. The van der Waals surface area contributed by atoms with Gasteiger partial charge in [-0.2, -0.15) is 0 Å². The van der Waals surface area contributed by atoms with Gasteiger partial charge in [0, 0.05) is 18.7 Å². The summed E-state index contributed by atoms with van der Waals surface area (Å²) in [5.74, 6) is 0.368. The van der Waals surface area contributed by atoms with Crippen LogP contribution in [0.25, 0.3) is 0 Å². The summed E-state index contributed by atoms with van der Waals surface area (Å²) in [6.45, 7) is 2.66. The minimum atomic E-state index is -0.273. The highest BCUT2D eigenvalue weighted by molar-refractivity contribution is 5.50. The molecule has 0 saturated carbocycles. The molecule has 0 heterocycles. The lowest BCUT2D eigenvalue weighted by Gasteiger charge is -2.19. The van der Waals surface area contributed by atoms with Gasteiger partial charge in [-0.05, 0) is 18.6 Å². The molecule has 1 unspecified atom stereocenters. The van der Waals surface area contributed by atoms with Crippen LogP contribution in [0.2, 0.25) is 0 Å². The number of ether oxygens (including phenoxy) is 1. The van der Waals surface area contributed by atoms with E-state index < -0.39 is 0 Å².